The molecule has 0 aromatic heterocycles. The fourth-order valence-corrected chi connectivity index (χ4v) is 10.5. The van der Waals surface area contributed by atoms with Crippen molar-refractivity contribution in [3.05, 3.63) is 149 Å². The van der Waals surface area contributed by atoms with E-state index in [1.165, 1.54) is 118 Å². The van der Waals surface area contributed by atoms with Crippen LogP contribution >= 0.6 is 0 Å². The number of hydrogen-bond acceptors (Lipinski definition) is 1. The molecule has 6 aromatic rings. The van der Waals surface area contributed by atoms with Gasteiger partial charge >= 0.3 is 0 Å². The zero-order valence-corrected chi connectivity index (χ0v) is 28.9. The Morgan fingerprint density at radius 2 is 1.45 bits per heavy atom. The van der Waals surface area contributed by atoms with Gasteiger partial charge in [-0.15, -0.1) is 0 Å². The van der Waals surface area contributed by atoms with Gasteiger partial charge in [0.2, 0.25) is 0 Å². The summed E-state index contributed by atoms with van der Waals surface area (Å²) in [4.78, 5) is 2.59. The highest BCUT2D eigenvalue weighted by atomic mass is 15.1. The highest BCUT2D eigenvalue weighted by Gasteiger charge is 2.42. The van der Waals surface area contributed by atoms with Crippen molar-refractivity contribution in [2.24, 2.45) is 11.8 Å². The third-order valence-electron chi connectivity index (χ3n) is 13.0. The zero-order valence-electron chi connectivity index (χ0n) is 28.9. The van der Waals surface area contributed by atoms with Crippen molar-refractivity contribution in [2.45, 2.75) is 76.5 Å². The quantitative estimate of drug-likeness (QED) is 0.182. The number of rotatable bonds is 5. The monoisotopic (exact) mass is 635 g/mol. The van der Waals surface area contributed by atoms with E-state index in [1.807, 2.05) is 0 Å². The number of para-hydroxylation sites is 1. The molecule has 0 saturated heterocycles. The highest BCUT2D eigenvalue weighted by molar-refractivity contribution is 6.03. The number of hydrogen-bond donors (Lipinski definition) is 0. The smallest absolute Gasteiger partial charge is 0.0496 e. The third kappa shape index (κ3) is 4.58. The van der Waals surface area contributed by atoms with Crippen molar-refractivity contribution in [1.29, 1.82) is 0 Å². The average Bonchev–Trinajstić information content (AvgIpc) is 3.85. The lowest BCUT2D eigenvalue weighted by atomic mass is 9.81. The molecule has 4 aliphatic carbocycles. The molecule has 0 radical (unpaired) electrons. The molecule has 0 spiro atoms. The van der Waals surface area contributed by atoms with Crippen molar-refractivity contribution >= 4 is 27.8 Å². The summed E-state index contributed by atoms with van der Waals surface area (Å²) < 4.78 is 0. The normalized spacial score (nSPS) is 21.4. The number of nitrogens with zero attached hydrogens (tertiary/aromatic N) is 1. The lowest BCUT2D eigenvalue weighted by molar-refractivity contribution is 0.420. The molecule has 0 N–H and O–H groups in total. The van der Waals surface area contributed by atoms with Crippen LogP contribution in [0.2, 0.25) is 0 Å². The maximum absolute atomic E-state index is 2.59. The van der Waals surface area contributed by atoms with Crippen molar-refractivity contribution in [3.63, 3.8) is 0 Å². The summed E-state index contributed by atoms with van der Waals surface area (Å²) in [5.74, 6) is 2.37. The molecule has 6 aromatic carbocycles. The molecule has 2 fully saturated rings. The van der Waals surface area contributed by atoms with Crippen LogP contribution in [0.3, 0.4) is 0 Å². The summed E-state index contributed by atoms with van der Waals surface area (Å²) in [5, 5.41) is 2.67. The largest absolute Gasteiger partial charge is 0.310 e. The number of aryl methyl sites for hydroxylation is 1. The van der Waals surface area contributed by atoms with E-state index in [9.17, 15) is 0 Å². The molecule has 0 heterocycles. The number of anilines is 3. The average molecular weight is 636 g/mol. The fourth-order valence-electron chi connectivity index (χ4n) is 10.5. The Hall–Kier alpha value is -4.62. The molecular weight excluding hydrogens is 591 g/mol. The maximum Gasteiger partial charge on any atom is 0.0496 e. The third-order valence-corrected chi connectivity index (χ3v) is 13.0. The summed E-state index contributed by atoms with van der Waals surface area (Å²) in [5.41, 5.74) is 16.8. The second-order valence-corrected chi connectivity index (χ2v) is 15.9. The van der Waals surface area contributed by atoms with Gasteiger partial charge in [0.05, 0.1) is 0 Å². The van der Waals surface area contributed by atoms with Crippen molar-refractivity contribution in [1.82, 2.24) is 0 Å². The summed E-state index contributed by atoms with van der Waals surface area (Å²) in [6, 6.07) is 46.7. The van der Waals surface area contributed by atoms with E-state index in [4.69, 9.17) is 0 Å². The van der Waals surface area contributed by atoms with E-state index in [-0.39, 0.29) is 5.41 Å². The molecule has 10 rings (SSSR count). The molecular formula is C48H45N. The van der Waals surface area contributed by atoms with Crippen LogP contribution in [-0.2, 0) is 18.3 Å². The van der Waals surface area contributed by atoms with E-state index >= 15 is 0 Å². The molecule has 1 nitrogen and oxygen atoms in total. The molecule has 0 aliphatic heterocycles. The van der Waals surface area contributed by atoms with Gasteiger partial charge in [0.1, 0.15) is 0 Å². The summed E-state index contributed by atoms with van der Waals surface area (Å²) in [7, 11) is 0. The number of benzene rings is 6. The van der Waals surface area contributed by atoms with E-state index < -0.39 is 0 Å². The summed E-state index contributed by atoms with van der Waals surface area (Å²) >= 11 is 0. The molecule has 242 valence electrons. The minimum Gasteiger partial charge on any atom is -0.310 e. The van der Waals surface area contributed by atoms with E-state index in [1.54, 1.807) is 11.1 Å². The Morgan fingerprint density at radius 1 is 0.633 bits per heavy atom. The van der Waals surface area contributed by atoms with Gasteiger partial charge in [-0.3, -0.25) is 0 Å². The van der Waals surface area contributed by atoms with Crippen LogP contribution in [0.1, 0.15) is 86.1 Å². The minimum absolute atomic E-state index is 0.0865. The summed E-state index contributed by atoms with van der Waals surface area (Å²) in [6.45, 7) is 4.83. The number of fused-ring (bicyclic) bond motifs is 8. The predicted octanol–water partition coefficient (Wildman–Crippen LogP) is 13.1. The second kappa shape index (κ2) is 11.2. The lowest BCUT2D eigenvalue weighted by Gasteiger charge is -2.33. The van der Waals surface area contributed by atoms with Crippen LogP contribution in [0.5, 0.6) is 0 Å². The van der Waals surface area contributed by atoms with Gasteiger partial charge < -0.3 is 4.90 Å². The van der Waals surface area contributed by atoms with Crippen molar-refractivity contribution in [3.8, 4) is 22.3 Å². The van der Waals surface area contributed by atoms with Crippen LogP contribution in [0, 0.1) is 11.8 Å². The molecule has 3 atom stereocenters. The van der Waals surface area contributed by atoms with E-state index in [2.05, 4.69) is 140 Å². The van der Waals surface area contributed by atoms with E-state index in [0.29, 0.717) is 5.92 Å². The second-order valence-electron chi connectivity index (χ2n) is 15.9. The van der Waals surface area contributed by atoms with Crippen LogP contribution in [0.15, 0.2) is 121 Å². The van der Waals surface area contributed by atoms with Crippen LogP contribution in [0.25, 0.3) is 33.0 Å². The molecule has 1 heteroatoms. The molecule has 4 aliphatic rings. The first kappa shape index (κ1) is 29.3. The van der Waals surface area contributed by atoms with Crippen molar-refractivity contribution in [2.75, 3.05) is 4.90 Å². The highest BCUT2D eigenvalue weighted by Crippen LogP contribution is 2.56. The van der Waals surface area contributed by atoms with Gasteiger partial charge in [-0.1, -0.05) is 111 Å². The molecule has 49 heavy (non-hydrogen) atoms. The van der Waals surface area contributed by atoms with Gasteiger partial charge in [0, 0.05) is 22.5 Å². The molecule has 2 bridgehead atoms. The zero-order chi connectivity index (χ0) is 32.7. The van der Waals surface area contributed by atoms with Crippen molar-refractivity contribution < 1.29 is 0 Å². The molecule has 2 saturated carbocycles. The first-order valence-electron chi connectivity index (χ1n) is 18.8. The minimum atomic E-state index is -0.0865. The van der Waals surface area contributed by atoms with Gasteiger partial charge in [0.15, 0.2) is 0 Å². The van der Waals surface area contributed by atoms with E-state index in [0.717, 1.165) is 11.8 Å². The first-order valence-corrected chi connectivity index (χ1v) is 18.8. The Labute approximate surface area is 291 Å². The Kier molecular flexibility index (Phi) is 6.70. The Bertz CT molecular complexity index is 2240. The van der Waals surface area contributed by atoms with Gasteiger partial charge in [-0.25, -0.2) is 0 Å². The Morgan fingerprint density at radius 3 is 2.31 bits per heavy atom. The standard InChI is InChI=1S/C48H45N/c1-48(2)44-27-22-33-11-4-6-14-40(33)47(44)42-26-25-37(30-45(42)48)49(46-17-8-7-15-41(46)43-29-31-18-19-35(43)28-31)36-23-20-34(21-24-36)39-16-9-12-32-10-3-5-13-38(32)39/h4,6-9,11-12,14-17,20-27,30-31,35,43H,3,5,10,13,18-19,28-29H2,1-2H3. The van der Waals surface area contributed by atoms with Crippen LogP contribution < -0.4 is 4.90 Å². The maximum atomic E-state index is 2.59. The molecule has 0 amide bonds. The topological polar surface area (TPSA) is 3.24 Å². The van der Waals surface area contributed by atoms with Crippen LogP contribution in [0.4, 0.5) is 17.1 Å². The van der Waals surface area contributed by atoms with Gasteiger partial charge in [0.25, 0.3) is 0 Å². The Balaban J connectivity index is 1.13. The lowest BCUT2D eigenvalue weighted by Crippen LogP contribution is -2.18. The molecule has 3 unspecified atom stereocenters. The van der Waals surface area contributed by atoms with Crippen LogP contribution in [-0.4, -0.2) is 0 Å². The first-order chi connectivity index (χ1) is 24.0. The fraction of sp³-hybridized carbons (Fsp3) is 0.292. The predicted molar refractivity (Wildman–Crippen MR) is 206 cm³/mol. The summed E-state index contributed by atoms with van der Waals surface area (Å²) in [6.07, 6.45) is 10.6. The van der Waals surface area contributed by atoms with Gasteiger partial charge in [-0.05, 0) is 154 Å². The van der Waals surface area contributed by atoms with Gasteiger partial charge in [-0.2, -0.15) is 0 Å². The SMILES string of the molecule is CC1(C)c2cc(N(c3ccc(-c4cccc5c4CCCC5)cc3)c3ccccc3C3CC4CCC3C4)ccc2-c2c1ccc1ccccc21.